The largest absolute Gasteiger partial charge is 0.0622 e. The summed E-state index contributed by atoms with van der Waals surface area (Å²) in [6.45, 7) is 7.55. The lowest BCUT2D eigenvalue weighted by atomic mass is 9.63. The number of fused-ring (bicyclic) bond motifs is 1. The zero-order valence-corrected chi connectivity index (χ0v) is 10.2. The Morgan fingerprint density at radius 1 is 0.929 bits per heavy atom. The molecule has 0 aromatic rings. The van der Waals surface area contributed by atoms with Crippen molar-refractivity contribution in [1.82, 2.24) is 0 Å². The summed E-state index contributed by atoms with van der Waals surface area (Å²) in [7, 11) is 0. The van der Waals surface area contributed by atoms with Crippen LogP contribution in [0.15, 0.2) is 0 Å². The van der Waals surface area contributed by atoms with E-state index < -0.39 is 0 Å². The fourth-order valence-electron chi connectivity index (χ4n) is 4.09. The molecule has 2 aliphatic carbocycles. The minimum Gasteiger partial charge on any atom is -0.0622 e. The summed E-state index contributed by atoms with van der Waals surface area (Å²) < 4.78 is 0. The molecule has 3 atom stereocenters. The maximum Gasteiger partial charge on any atom is -0.0323 e. The highest BCUT2D eigenvalue weighted by atomic mass is 14.5. The topological polar surface area (TPSA) is 0 Å². The number of hydrogen-bond donors (Lipinski definition) is 0. The van der Waals surface area contributed by atoms with Crippen LogP contribution in [0.3, 0.4) is 0 Å². The zero-order chi connectivity index (χ0) is 10.2. The van der Waals surface area contributed by atoms with Gasteiger partial charge < -0.3 is 0 Å². The Labute approximate surface area is 89.5 Å². The van der Waals surface area contributed by atoms with Gasteiger partial charge in [0.25, 0.3) is 0 Å². The lowest BCUT2D eigenvalue weighted by Gasteiger charge is -2.42. The molecule has 14 heavy (non-hydrogen) atoms. The average molecular weight is 194 g/mol. The monoisotopic (exact) mass is 194 g/mol. The minimum absolute atomic E-state index is 0.635. The normalized spacial score (nSPS) is 42.6. The van der Waals surface area contributed by atoms with Gasteiger partial charge in [0, 0.05) is 0 Å². The molecule has 0 heteroatoms. The van der Waals surface area contributed by atoms with Gasteiger partial charge in [0.1, 0.15) is 0 Å². The van der Waals surface area contributed by atoms with Gasteiger partial charge in [0.15, 0.2) is 0 Å². The first kappa shape index (κ1) is 10.5. The highest BCUT2D eigenvalue weighted by molar-refractivity contribution is 4.91. The van der Waals surface area contributed by atoms with Crippen LogP contribution < -0.4 is 0 Å². The van der Waals surface area contributed by atoms with Gasteiger partial charge >= 0.3 is 0 Å². The van der Waals surface area contributed by atoms with E-state index in [0.29, 0.717) is 5.41 Å². The van der Waals surface area contributed by atoms with Crippen molar-refractivity contribution in [2.75, 3.05) is 0 Å². The van der Waals surface area contributed by atoms with Crippen LogP contribution in [-0.4, -0.2) is 0 Å². The summed E-state index contributed by atoms with van der Waals surface area (Å²) in [5, 5.41) is 0. The van der Waals surface area contributed by atoms with Gasteiger partial charge in [-0.1, -0.05) is 46.5 Å². The van der Waals surface area contributed by atoms with Crippen LogP contribution in [0.25, 0.3) is 0 Å². The summed E-state index contributed by atoms with van der Waals surface area (Å²) >= 11 is 0. The van der Waals surface area contributed by atoms with Gasteiger partial charge in [-0.25, -0.2) is 0 Å². The van der Waals surface area contributed by atoms with Crippen LogP contribution in [0.1, 0.15) is 65.7 Å². The lowest BCUT2D eigenvalue weighted by molar-refractivity contribution is 0.0739. The summed E-state index contributed by atoms with van der Waals surface area (Å²) in [6.07, 6.45) is 10.5. The minimum atomic E-state index is 0.635. The molecule has 2 fully saturated rings. The number of rotatable bonds is 0. The SMILES string of the molecule is CC1CCCC(C)(C)C2CCCCC12. The van der Waals surface area contributed by atoms with E-state index >= 15 is 0 Å². The Balaban J connectivity index is 2.18. The van der Waals surface area contributed by atoms with Crippen molar-refractivity contribution in [1.29, 1.82) is 0 Å². The molecule has 0 nitrogen and oxygen atoms in total. The highest BCUT2D eigenvalue weighted by Crippen LogP contribution is 2.50. The summed E-state index contributed by atoms with van der Waals surface area (Å²) in [5.41, 5.74) is 0.635. The Kier molecular flexibility index (Phi) is 2.91. The van der Waals surface area contributed by atoms with Gasteiger partial charge in [-0.15, -0.1) is 0 Å². The Hall–Kier alpha value is 0. The van der Waals surface area contributed by atoms with Gasteiger partial charge in [0.2, 0.25) is 0 Å². The first-order chi connectivity index (χ1) is 6.61. The predicted molar refractivity (Wildman–Crippen MR) is 62.2 cm³/mol. The van der Waals surface area contributed by atoms with Gasteiger partial charge in [0.05, 0.1) is 0 Å². The molecular weight excluding hydrogens is 168 g/mol. The molecule has 0 saturated heterocycles. The third kappa shape index (κ3) is 1.85. The van der Waals surface area contributed by atoms with Gasteiger partial charge in [-0.2, -0.15) is 0 Å². The van der Waals surface area contributed by atoms with E-state index in [1.165, 1.54) is 44.9 Å². The molecule has 0 radical (unpaired) electrons. The lowest BCUT2D eigenvalue weighted by Crippen LogP contribution is -2.34. The van der Waals surface area contributed by atoms with E-state index in [1.807, 2.05) is 0 Å². The molecule has 0 aromatic carbocycles. The fraction of sp³-hybridized carbons (Fsp3) is 1.00. The quantitative estimate of drug-likeness (QED) is 0.527. The van der Waals surface area contributed by atoms with Gasteiger partial charge in [-0.3, -0.25) is 0 Å². The molecule has 82 valence electrons. The zero-order valence-electron chi connectivity index (χ0n) is 10.2. The molecule has 2 rings (SSSR count). The molecule has 2 aliphatic rings. The second kappa shape index (κ2) is 3.87. The van der Waals surface area contributed by atoms with Crippen LogP contribution in [0.4, 0.5) is 0 Å². The number of hydrogen-bond acceptors (Lipinski definition) is 0. The van der Waals surface area contributed by atoms with Crippen molar-refractivity contribution in [2.45, 2.75) is 65.7 Å². The standard InChI is InChI=1S/C14H26/c1-11-7-6-10-14(2,3)13-9-5-4-8-12(11)13/h11-13H,4-10H2,1-3H3. The molecule has 0 N–H and O–H groups in total. The molecular formula is C14H26. The average Bonchev–Trinajstić information content (AvgIpc) is 2.27. The second-order valence-electron chi connectivity index (χ2n) is 6.41. The maximum absolute atomic E-state index is 2.52. The predicted octanol–water partition coefficient (Wildman–Crippen LogP) is 4.64. The van der Waals surface area contributed by atoms with E-state index in [-0.39, 0.29) is 0 Å². The van der Waals surface area contributed by atoms with Crippen LogP contribution in [0.2, 0.25) is 0 Å². The van der Waals surface area contributed by atoms with Crippen LogP contribution in [0.5, 0.6) is 0 Å². The molecule has 0 spiro atoms. The van der Waals surface area contributed by atoms with Crippen molar-refractivity contribution in [3.63, 3.8) is 0 Å². The third-order valence-corrected chi connectivity index (χ3v) is 5.03. The van der Waals surface area contributed by atoms with Crippen molar-refractivity contribution in [2.24, 2.45) is 23.2 Å². The Morgan fingerprint density at radius 3 is 2.43 bits per heavy atom. The summed E-state index contributed by atoms with van der Waals surface area (Å²) in [6, 6.07) is 0. The Bertz CT molecular complexity index is 192. The van der Waals surface area contributed by atoms with E-state index in [0.717, 1.165) is 17.8 Å². The smallest absolute Gasteiger partial charge is 0.0323 e. The summed E-state index contributed by atoms with van der Waals surface area (Å²) in [4.78, 5) is 0. The fourth-order valence-corrected chi connectivity index (χ4v) is 4.09. The third-order valence-electron chi connectivity index (χ3n) is 5.03. The van der Waals surface area contributed by atoms with Gasteiger partial charge in [-0.05, 0) is 42.4 Å². The maximum atomic E-state index is 2.52. The van der Waals surface area contributed by atoms with Crippen molar-refractivity contribution >= 4 is 0 Å². The Morgan fingerprint density at radius 2 is 1.64 bits per heavy atom. The van der Waals surface area contributed by atoms with E-state index in [9.17, 15) is 0 Å². The van der Waals surface area contributed by atoms with E-state index in [2.05, 4.69) is 20.8 Å². The molecule has 0 amide bonds. The summed E-state index contributed by atoms with van der Waals surface area (Å²) in [5.74, 6) is 3.09. The second-order valence-corrected chi connectivity index (χ2v) is 6.41. The van der Waals surface area contributed by atoms with Crippen molar-refractivity contribution < 1.29 is 0 Å². The molecule has 3 unspecified atom stereocenters. The molecule has 0 bridgehead atoms. The van der Waals surface area contributed by atoms with Crippen molar-refractivity contribution in [3.05, 3.63) is 0 Å². The highest BCUT2D eigenvalue weighted by Gasteiger charge is 2.40. The molecule has 0 aliphatic heterocycles. The van der Waals surface area contributed by atoms with Crippen molar-refractivity contribution in [3.8, 4) is 0 Å². The first-order valence-electron chi connectivity index (χ1n) is 6.61. The molecule has 2 saturated carbocycles. The van der Waals surface area contributed by atoms with Crippen LogP contribution >= 0.6 is 0 Å². The molecule has 0 aromatic heterocycles. The first-order valence-corrected chi connectivity index (χ1v) is 6.61. The van der Waals surface area contributed by atoms with E-state index in [4.69, 9.17) is 0 Å². The molecule has 0 heterocycles. The van der Waals surface area contributed by atoms with Crippen LogP contribution in [-0.2, 0) is 0 Å². The van der Waals surface area contributed by atoms with E-state index in [1.54, 1.807) is 0 Å². The van der Waals surface area contributed by atoms with Crippen LogP contribution in [0, 0.1) is 23.2 Å².